The molecule has 4 nitrogen and oxygen atoms in total. The van der Waals surface area contributed by atoms with Crippen molar-refractivity contribution in [2.45, 2.75) is 26.3 Å². The van der Waals surface area contributed by atoms with Gasteiger partial charge in [0.05, 0.1) is 0 Å². The van der Waals surface area contributed by atoms with E-state index >= 15 is 0 Å². The maximum atomic E-state index is 5.64. The van der Waals surface area contributed by atoms with Crippen LogP contribution in [0.4, 0.5) is 0 Å². The van der Waals surface area contributed by atoms with E-state index in [9.17, 15) is 0 Å². The Balaban J connectivity index is 2.57. The Bertz CT molecular complexity index is 205. The second-order valence-corrected chi connectivity index (χ2v) is 3.43. The largest absolute Gasteiger partial charge is 0.328 e. The summed E-state index contributed by atoms with van der Waals surface area (Å²) in [6.45, 7) is 5.02. The van der Waals surface area contributed by atoms with E-state index in [0.717, 1.165) is 6.42 Å². The molecule has 1 aromatic rings. The zero-order valence-electron chi connectivity index (χ0n) is 7.64. The van der Waals surface area contributed by atoms with Crippen LogP contribution in [-0.2, 0) is 0 Å². The minimum atomic E-state index is 0.347. The highest BCUT2D eigenvalue weighted by Gasteiger charge is 2.09. The molecule has 1 heterocycles. The van der Waals surface area contributed by atoms with Crippen molar-refractivity contribution in [2.75, 3.05) is 6.54 Å². The monoisotopic (exact) mass is 168 g/mol. The van der Waals surface area contributed by atoms with Gasteiger partial charge in [0.1, 0.15) is 12.7 Å². The van der Waals surface area contributed by atoms with Gasteiger partial charge in [0.2, 0.25) is 0 Å². The fourth-order valence-corrected chi connectivity index (χ4v) is 1.28. The predicted molar refractivity (Wildman–Crippen MR) is 47.6 cm³/mol. The molecule has 0 aliphatic carbocycles. The summed E-state index contributed by atoms with van der Waals surface area (Å²) >= 11 is 0. The number of hydrogen-bond acceptors (Lipinski definition) is 3. The summed E-state index contributed by atoms with van der Waals surface area (Å²) in [6, 6.07) is 0.347. The molecule has 1 aromatic heterocycles. The predicted octanol–water partition coefficient (Wildman–Crippen LogP) is 0.824. The third kappa shape index (κ3) is 2.30. The van der Waals surface area contributed by atoms with Crippen LogP contribution in [0, 0.1) is 5.92 Å². The zero-order chi connectivity index (χ0) is 8.97. The van der Waals surface area contributed by atoms with Gasteiger partial charge in [-0.05, 0) is 12.3 Å². The van der Waals surface area contributed by atoms with Gasteiger partial charge < -0.3 is 10.3 Å². The first-order valence-electron chi connectivity index (χ1n) is 4.28. The van der Waals surface area contributed by atoms with Crippen LogP contribution in [0.1, 0.15) is 26.3 Å². The van der Waals surface area contributed by atoms with Crippen molar-refractivity contribution in [1.29, 1.82) is 0 Å². The summed E-state index contributed by atoms with van der Waals surface area (Å²) in [4.78, 5) is 0. The molecule has 2 N–H and O–H groups in total. The quantitative estimate of drug-likeness (QED) is 0.724. The lowest BCUT2D eigenvalue weighted by Crippen LogP contribution is -2.19. The Hall–Kier alpha value is -0.900. The number of nitrogens with zero attached hydrogens (tertiary/aromatic N) is 3. The lowest BCUT2D eigenvalue weighted by atomic mass is 10.0. The Morgan fingerprint density at radius 3 is 2.33 bits per heavy atom. The van der Waals surface area contributed by atoms with Crippen molar-refractivity contribution < 1.29 is 0 Å². The van der Waals surface area contributed by atoms with Gasteiger partial charge in [-0.15, -0.1) is 10.2 Å². The van der Waals surface area contributed by atoms with Gasteiger partial charge >= 0.3 is 0 Å². The Morgan fingerprint density at radius 1 is 1.33 bits per heavy atom. The summed E-state index contributed by atoms with van der Waals surface area (Å²) in [5, 5.41) is 7.51. The summed E-state index contributed by atoms with van der Waals surface area (Å²) in [7, 11) is 0. The molecule has 0 spiro atoms. The second kappa shape index (κ2) is 4.21. The minimum Gasteiger partial charge on any atom is -0.328 e. The first-order chi connectivity index (χ1) is 5.74. The van der Waals surface area contributed by atoms with Crippen LogP contribution in [0.5, 0.6) is 0 Å². The third-order valence-corrected chi connectivity index (χ3v) is 1.87. The molecule has 0 saturated carbocycles. The lowest BCUT2D eigenvalue weighted by Gasteiger charge is -2.17. The van der Waals surface area contributed by atoms with Crippen LogP contribution in [0.25, 0.3) is 0 Å². The van der Waals surface area contributed by atoms with Crippen LogP contribution in [0.15, 0.2) is 12.7 Å². The highest BCUT2D eigenvalue weighted by atomic mass is 15.2. The van der Waals surface area contributed by atoms with Crippen molar-refractivity contribution in [3.63, 3.8) is 0 Å². The molecule has 0 bridgehead atoms. The van der Waals surface area contributed by atoms with E-state index in [1.807, 2.05) is 4.57 Å². The standard InChI is InChI=1S/C8H16N4/c1-7(2)3-8(4-9)12-5-10-11-6-12/h5-8H,3-4,9H2,1-2H3. The molecule has 0 amide bonds. The molecule has 12 heavy (non-hydrogen) atoms. The Kier molecular flexibility index (Phi) is 3.22. The van der Waals surface area contributed by atoms with E-state index in [1.165, 1.54) is 0 Å². The van der Waals surface area contributed by atoms with Crippen molar-refractivity contribution >= 4 is 0 Å². The maximum Gasteiger partial charge on any atom is 0.119 e. The number of rotatable bonds is 4. The average Bonchev–Trinajstić information content (AvgIpc) is 2.51. The van der Waals surface area contributed by atoms with Crippen molar-refractivity contribution in [1.82, 2.24) is 14.8 Å². The SMILES string of the molecule is CC(C)CC(CN)n1cnnc1. The zero-order valence-corrected chi connectivity index (χ0v) is 7.64. The van der Waals surface area contributed by atoms with Crippen LogP contribution < -0.4 is 5.73 Å². The summed E-state index contributed by atoms with van der Waals surface area (Å²) < 4.78 is 1.97. The normalized spacial score (nSPS) is 13.7. The van der Waals surface area contributed by atoms with E-state index in [4.69, 9.17) is 5.73 Å². The Morgan fingerprint density at radius 2 is 1.92 bits per heavy atom. The molecule has 1 atom stereocenters. The van der Waals surface area contributed by atoms with Crippen molar-refractivity contribution in [2.24, 2.45) is 11.7 Å². The van der Waals surface area contributed by atoms with Crippen molar-refractivity contribution in [3.05, 3.63) is 12.7 Å². The minimum absolute atomic E-state index is 0.347. The van der Waals surface area contributed by atoms with Crippen LogP contribution >= 0.6 is 0 Å². The summed E-state index contributed by atoms with van der Waals surface area (Å²) in [5.41, 5.74) is 5.64. The van der Waals surface area contributed by atoms with Gasteiger partial charge in [-0.1, -0.05) is 13.8 Å². The highest BCUT2D eigenvalue weighted by Crippen LogP contribution is 2.14. The molecular weight excluding hydrogens is 152 g/mol. The highest BCUT2D eigenvalue weighted by molar-refractivity contribution is 4.74. The lowest BCUT2D eigenvalue weighted by molar-refractivity contribution is 0.406. The van der Waals surface area contributed by atoms with E-state index in [2.05, 4.69) is 24.0 Å². The maximum absolute atomic E-state index is 5.64. The summed E-state index contributed by atoms with van der Waals surface area (Å²) in [6.07, 6.45) is 4.52. The van der Waals surface area contributed by atoms with Crippen LogP contribution in [0.2, 0.25) is 0 Å². The van der Waals surface area contributed by atoms with Gasteiger partial charge in [0, 0.05) is 12.6 Å². The average molecular weight is 168 g/mol. The number of aromatic nitrogens is 3. The van der Waals surface area contributed by atoms with Gasteiger partial charge in [-0.3, -0.25) is 0 Å². The van der Waals surface area contributed by atoms with Gasteiger partial charge in [-0.2, -0.15) is 0 Å². The molecule has 0 radical (unpaired) electrons. The molecule has 0 aromatic carbocycles. The second-order valence-electron chi connectivity index (χ2n) is 3.43. The molecule has 1 unspecified atom stereocenters. The fourth-order valence-electron chi connectivity index (χ4n) is 1.28. The van der Waals surface area contributed by atoms with Gasteiger partial charge in [0.15, 0.2) is 0 Å². The Labute approximate surface area is 72.8 Å². The molecular formula is C8H16N4. The van der Waals surface area contributed by atoms with Crippen molar-refractivity contribution in [3.8, 4) is 0 Å². The van der Waals surface area contributed by atoms with Gasteiger partial charge in [-0.25, -0.2) is 0 Å². The molecule has 0 aliphatic rings. The first-order valence-corrected chi connectivity index (χ1v) is 4.28. The summed E-state index contributed by atoms with van der Waals surface area (Å²) in [5.74, 6) is 0.654. The van der Waals surface area contributed by atoms with Crippen LogP contribution in [-0.4, -0.2) is 21.3 Å². The van der Waals surface area contributed by atoms with E-state index < -0.39 is 0 Å². The number of hydrogen-bond donors (Lipinski definition) is 1. The van der Waals surface area contributed by atoms with E-state index in [1.54, 1.807) is 12.7 Å². The topological polar surface area (TPSA) is 56.7 Å². The van der Waals surface area contributed by atoms with E-state index in [-0.39, 0.29) is 0 Å². The number of nitrogens with two attached hydrogens (primary N) is 1. The third-order valence-electron chi connectivity index (χ3n) is 1.87. The van der Waals surface area contributed by atoms with E-state index in [0.29, 0.717) is 18.5 Å². The van der Waals surface area contributed by atoms with Gasteiger partial charge in [0.25, 0.3) is 0 Å². The smallest absolute Gasteiger partial charge is 0.119 e. The fraction of sp³-hybridized carbons (Fsp3) is 0.750. The van der Waals surface area contributed by atoms with Crippen LogP contribution in [0.3, 0.4) is 0 Å². The molecule has 0 fully saturated rings. The molecule has 0 aliphatic heterocycles. The molecule has 1 rings (SSSR count). The molecule has 4 heteroatoms. The first kappa shape index (κ1) is 9.19. The molecule has 0 saturated heterocycles. The molecule has 68 valence electrons.